The first kappa shape index (κ1) is 10.6. The fraction of sp³-hybridized carbons (Fsp3) is 0.533. The van der Waals surface area contributed by atoms with Crippen molar-refractivity contribution in [1.29, 1.82) is 0 Å². The summed E-state index contributed by atoms with van der Waals surface area (Å²) in [7, 11) is 0. The van der Waals surface area contributed by atoms with Crippen LogP contribution in [0.2, 0.25) is 0 Å². The summed E-state index contributed by atoms with van der Waals surface area (Å²) >= 11 is 0. The van der Waals surface area contributed by atoms with Gasteiger partial charge < -0.3 is 10.7 Å². The third-order valence-corrected chi connectivity index (χ3v) is 4.78. The minimum absolute atomic E-state index is 0.249. The lowest BCUT2D eigenvalue weighted by atomic mass is 9.64. The first-order chi connectivity index (χ1) is 8.81. The lowest BCUT2D eigenvalue weighted by molar-refractivity contribution is 0.253. The molecule has 4 rings (SSSR count). The van der Waals surface area contributed by atoms with Gasteiger partial charge in [-0.15, -0.1) is 0 Å². The highest BCUT2D eigenvalue weighted by atomic mass is 14.9. The third kappa shape index (κ3) is 1.43. The number of imidazole rings is 1. The highest BCUT2D eigenvalue weighted by Gasteiger charge is 2.37. The van der Waals surface area contributed by atoms with Gasteiger partial charge in [-0.3, -0.25) is 0 Å². The molecule has 0 aliphatic heterocycles. The van der Waals surface area contributed by atoms with Crippen LogP contribution in [0.4, 0.5) is 0 Å². The van der Waals surface area contributed by atoms with Gasteiger partial charge >= 0.3 is 0 Å². The van der Waals surface area contributed by atoms with Crippen LogP contribution in [0.3, 0.4) is 0 Å². The minimum atomic E-state index is 0.249. The third-order valence-electron chi connectivity index (χ3n) is 4.78. The quantitative estimate of drug-likeness (QED) is 0.868. The van der Waals surface area contributed by atoms with Crippen LogP contribution >= 0.6 is 0 Å². The largest absolute Gasteiger partial charge is 0.342 e. The summed E-state index contributed by atoms with van der Waals surface area (Å²) < 4.78 is 0. The molecule has 94 valence electrons. The molecule has 1 heterocycles. The maximum atomic E-state index is 5.98. The molecule has 0 radical (unpaired) electrons. The average Bonchev–Trinajstić information content (AvgIpc) is 3.09. The van der Waals surface area contributed by atoms with Crippen LogP contribution in [-0.2, 0) is 5.41 Å². The van der Waals surface area contributed by atoms with E-state index in [4.69, 9.17) is 5.73 Å². The summed E-state index contributed by atoms with van der Waals surface area (Å²) in [5.74, 6) is 1.87. The van der Waals surface area contributed by atoms with E-state index < -0.39 is 0 Å². The van der Waals surface area contributed by atoms with Crippen molar-refractivity contribution in [2.75, 3.05) is 6.54 Å². The molecule has 0 spiro atoms. The number of benzene rings is 1. The molecule has 0 saturated heterocycles. The normalized spacial score (nSPS) is 22.1. The molecule has 2 fully saturated rings. The molecule has 2 aliphatic carbocycles. The Morgan fingerprint density at radius 2 is 2.17 bits per heavy atom. The van der Waals surface area contributed by atoms with Crippen molar-refractivity contribution < 1.29 is 0 Å². The zero-order valence-electron chi connectivity index (χ0n) is 10.6. The summed E-state index contributed by atoms with van der Waals surface area (Å²) in [4.78, 5) is 8.17. The van der Waals surface area contributed by atoms with Crippen molar-refractivity contribution in [2.45, 2.75) is 43.4 Å². The molecule has 0 unspecified atom stereocenters. The van der Waals surface area contributed by atoms with E-state index in [9.17, 15) is 0 Å². The maximum Gasteiger partial charge on any atom is 0.110 e. The number of aromatic nitrogens is 2. The molecule has 0 atom stereocenters. The second kappa shape index (κ2) is 3.58. The molecular formula is C15H19N3. The van der Waals surface area contributed by atoms with Gasteiger partial charge in [0.1, 0.15) is 5.82 Å². The Morgan fingerprint density at radius 1 is 1.33 bits per heavy atom. The highest BCUT2D eigenvalue weighted by Crippen LogP contribution is 2.44. The number of nitrogens with two attached hydrogens (primary N) is 1. The van der Waals surface area contributed by atoms with Crippen molar-refractivity contribution in [3.63, 3.8) is 0 Å². The van der Waals surface area contributed by atoms with E-state index in [1.54, 1.807) is 0 Å². The van der Waals surface area contributed by atoms with Crippen LogP contribution in [0.5, 0.6) is 0 Å². The molecule has 1 aromatic heterocycles. The standard InChI is InChI=1S/C15H19N3/c16-9-15(6-1-7-15)11-4-5-12-13(8-11)18-14(17-12)10-2-3-10/h4-5,8,10H,1-3,6-7,9,16H2,(H,17,18). The number of fused-ring (bicyclic) bond motifs is 1. The maximum absolute atomic E-state index is 5.98. The van der Waals surface area contributed by atoms with E-state index >= 15 is 0 Å². The average molecular weight is 241 g/mol. The Morgan fingerprint density at radius 3 is 2.78 bits per heavy atom. The zero-order valence-corrected chi connectivity index (χ0v) is 10.6. The molecule has 3 nitrogen and oxygen atoms in total. The van der Waals surface area contributed by atoms with E-state index in [1.807, 2.05) is 0 Å². The van der Waals surface area contributed by atoms with Crippen molar-refractivity contribution in [3.8, 4) is 0 Å². The molecule has 3 N–H and O–H groups in total. The van der Waals surface area contributed by atoms with Crippen molar-refractivity contribution in [3.05, 3.63) is 29.6 Å². The topological polar surface area (TPSA) is 54.7 Å². The number of nitrogens with zero attached hydrogens (tertiary/aromatic N) is 1. The van der Waals surface area contributed by atoms with Crippen LogP contribution in [0.1, 0.15) is 49.4 Å². The van der Waals surface area contributed by atoms with Crippen LogP contribution in [0, 0.1) is 0 Å². The lowest BCUT2D eigenvalue weighted by Gasteiger charge is -2.41. The van der Waals surface area contributed by atoms with E-state index in [2.05, 4.69) is 28.2 Å². The number of rotatable bonds is 3. The van der Waals surface area contributed by atoms with Gasteiger partial charge in [-0.25, -0.2) is 4.98 Å². The smallest absolute Gasteiger partial charge is 0.110 e. The predicted molar refractivity (Wildman–Crippen MR) is 72.7 cm³/mol. The Hall–Kier alpha value is -1.35. The van der Waals surface area contributed by atoms with Gasteiger partial charge in [-0.05, 0) is 43.4 Å². The molecule has 2 aliphatic rings. The molecule has 0 amide bonds. The first-order valence-electron chi connectivity index (χ1n) is 7.01. The molecule has 3 heteroatoms. The van der Waals surface area contributed by atoms with Gasteiger partial charge in [-0.1, -0.05) is 12.5 Å². The molecule has 2 saturated carbocycles. The first-order valence-corrected chi connectivity index (χ1v) is 7.01. The number of nitrogens with one attached hydrogen (secondary N) is 1. The van der Waals surface area contributed by atoms with Crippen LogP contribution in [0.25, 0.3) is 11.0 Å². The number of hydrogen-bond acceptors (Lipinski definition) is 2. The number of H-pyrrole nitrogens is 1. The van der Waals surface area contributed by atoms with Crippen LogP contribution < -0.4 is 5.73 Å². The Bertz CT molecular complexity index is 585. The molecular weight excluding hydrogens is 222 g/mol. The minimum Gasteiger partial charge on any atom is -0.342 e. The van der Waals surface area contributed by atoms with Crippen LogP contribution in [-0.4, -0.2) is 16.5 Å². The second-order valence-electron chi connectivity index (χ2n) is 5.97. The summed E-state index contributed by atoms with van der Waals surface area (Å²) in [6.07, 6.45) is 6.36. The summed E-state index contributed by atoms with van der Waals surface area (Å²) in [5.41, 5.74) is 9.92. The Kier molecular flexibility index (Phi) is 2.10. The molecule has 1 aromatic carbocycles. The summed E-state index contributed by atoms with van der Waals surface area (Å²) in [6.45, 7) is 0.766. The number of hydrogen-bond donors (Lipinski definition) is 2. The Balaban J connectivity index is 1.78. The predicted octanol–water partition coefficient (Wildman–Crippen LogP) is 2.82. The van der Waals surface area contributed by atoms with Crippen molar-refractivity contribution in [2.24, 2.45) is 5.73 Å². The van der Waals surface area contributed by atoms with E-state index in [0.717, 1.165) is 12.1 Å². The fourth-order valence-electron chi connectivity index (χ4n) is 3.12. The SMILES string of the molecule is NCC1(c2ccc3nc(C4CC4)[nH]c3c2)CCC1. The zero-order chi connectivity index (χ0) is 12.2. The lowest BCUT2D eigenvalue weighted by Crippen LogP contribution is -2.41. The van der Waals surface area contributed by atoms with Gasteiger partial charge in [0.05, 0.1) is 11.0 Å². The van der Waals surface area contributed by atoms with Gasteiger partial charge in [0.2, 0.25) is 0 Å². The fourth-order valence-corrected chi connectivity index (χ4v) is 3.12. The number of aromatic amines is 1. The van der Waals surface area contributed by atoms with Crippen molar-refractivity contribution >= 4 is 11.0 Å². The molecule has 18 heavy (non-hydrogen) atoms. The van der Waals surface area contributed by atoms with E-state index in [-0.39, 0.29) is 5.41 Å². The highest BCUT2D eigenvalue weighted by molar-refractivity contribution is 5.76. The van der Waals surface area contributed by atoms with Gasteiger partial charge in [0.25, 0.3) is 0 Å². The van der Waals surface area contributed by atoms with Gasteiger partial charge in [0.15, 0.2) is 0 Å². The Labute approximate surface area is 107 Å². The molecule has 2 aromatic rings. The van der Waals surface area contributed by atoms with E-state index in [0.29, 0.717) is 5.92 Å². The monoisotopic (exact) mass is 241 g/mol. The molecule has 0 bridgehead atoms. The summed E-state index contributed by atoms with van der Waals surface area (Å²) in [6, 6.07) is 6.66. The van der Waals surface area contributed by atoms with Gasteiger partial charge in [-0.2, -0.15) is 0 Å². The van der Waals surface area contributed by atoms with Gasteiger partial charge in [0, 0.05) is 17.9 Å². The van der Waals surface area contributed by atoms with Crippen LogP contribution in [0.15, 0.2) is 18.2 Å². The summed E-state index contributed by atoms with van der Waals surface area (Å²) in [5, 5.41) is 0. The van der Waals surface area contributed by atoms with Crippen molar-refractivity contribution in [1.82, 2.24) is 9.97 Å². The second-order valence-corrected chi connectivity index (χ2v) is 5.97. The van der Waals surface area contributed by atoms with E-state index in [1.165, 1.54) is 49.0 Å².